The Bertz CT molecular complexity index is 1790. The molecule has 6 aromatic rings. The molecule has 4 aromatic heterocycles. The number of nitrogens with zero attached hydrogens (tertiary/aromatic N) is 5. The van der Waals surface area contributed by atoms with Gasteiger partial charge in [-0.25, -0.2) is 14.4 Å². The van der Waals surface area contributed by atoms with Gasteiger partial charge in [0.2, 0.25) is 0 Å². The Kier molecular flexibility index (Phi) is 5.97. The van der Waals surface area contributed by atoms with Gasteiger partial charge in [0.1, 0.15) is 23.9 Å². The Morgan fingerprint density at radius 3 is 2.74 bits per heavy atom. The van der Waals surface area contributed by atoms with E-state index in [1.54, 1.807) is 30.6 Å². The number of ether oxygens (including phenoxy) is 1. The van der Waals surface area contributed by atoms with E-state index in [-0.39, 0.29) is 5.82 Å². The Morgan fingerprint density at radius 1 is 0.949 bits per heavy atom. The molecule has 0 atom stereocenters. The summed E-state index contributed by atoms with van der Waals surface area (Å²) in [6.45, 7) is 3.88. The van der Waals surface area contributed by atoms with Crippen LogP contribution in [0.15, 0.2) is 73.2 Å². The van der Waals surface area contributed by atoms with Crippen molar-refractivity contribution in [2.24, 2.45) is 0 Å². The van der Waals surface area contributed by atoms with Crippen molar-refractivity contribution < 1.29 is 9.13 Å². The molecule has 0 saturated carbocycles. The maximum absolute atomic E-state index is 14.6. The predicted molar refractivity (Wildman–Crippen MR) is 149 cm³/mol. The van der Waals surface area contributed by atoms with Gasteiger partial charge in [0.05, 0.1) is 17.2 Å². The topological polar surface area (TPSA) is 95.6 Å². The van der Waals surface area contributed by atoms with E-state index in [0.717, 1.165) is 47.4 Å². The van der Waals surface area contributed by atoms with Gasteiger partial charge in [-0.2, -0.15) is 5.10 Å². The summed E-state index contributed by atoms with van der Waals surface area (Å²) in [6, 6.07) is 16.6. The van der Waals surface area contributed by atoms with Gasteiger partial charge < -0.3 is 9.72 Å². The SMILES string of the molecule is Fc1ccccc1-c1ccnc2nc(-c3n[nH]c4ccc(-c5cncc(OCCN6CCCC6)c5)cc34)[nH]c12. The summed E-state index contributed by atoms with van der Waals surface area (Å²) in [4.78, 5) is 19.3. The van der Waals surface area contributed by atoms with Gasteiger partial charge in [-0.1, -0.05) is 24.3 Å². The van der Waals surface area contributed by atoms with Gasteiger partial charge in [0, 0.05) is 41.0 Å². The molecule has 1 saturated heterocycles. The molecular formula is C30H26FN7O. The van der Waals surface area contributed by atoms with Crippen LogP contribution in [-0.4, -0.2) is 61.3 Å². The summed E-state index contributed by atoms with van der Waals surface area (Å²) in [7, 11) is 0. The highest BCUT2D eigenvalue weighted by Gasteiger charge is 2.18. The van der Waals surface area contributed by atoms with Crippen molar-refractivity contribution in [2.45, 2.75) is 12.8 Å². The lowest BCUT2D eigenvalue weighted by Gasteiger charge is -2.15. The number of H-pyrrole nitrogens is 2. The lowest BCUT2D eigenvalue weighted by atomic mass is 10.0. The summed E-state index contributed by atoms with van der Waals surface area (Å²) < 4.78 is 20.6. The fourth-order valence-electron chi connectivity index (χ4n) is 5.26. The molecule has 5 heterocycles. The highest BCUT2D eigenvalue weighted by atomic mass is 19.1. The van der Waals surface area contributed by atoms with E-state index >= 15 is 0 Å². The Hall–Kier alpha value is -4.63. The lowest BCUT2D eigenvalue weighted by Crippen LogP contribution is -2.25. The smallest absolute Gasteiger partial charge is 0.178 e. The first kappa shape index (κ1) is 23.5. The number of aromatic amines is 2. The molecule has 1 aliphatic heterocycles. The third-order valence-electron chi connectivity index (χ3n) is 7.26. The first-order chi connectivity index (χ1) is 19.2. The first-order valence-electron chi connectivity index (χ1n) is 13.1. The van der Waals surface area contributed by atoms with E-state index in [1.165, 1.54) is 18.9 Å². The zero-order valence-corrected chi connectivity index (χ0v) is 21.2. The van der Waals surface area contributed by atoms with E-state index in [2.05, 4.69) is 36.1 Å². The molecule has 39 heavy (non-hydrogen) atoms. The number of nitrogens with one attached hydrogen (secondary N) is 2. The van der Waals surface area contributed by atoms with E-state index in [4.69, 9.17) is 9.72 Å². The maximum Gasteiger partial charge on any atom is 0.178 e. The van der Waals surface area contributed by atoms with Crippen LogP contribution in [0.1, 0.15) is 12.8 Å². The molecule has 194 valence electrons. The molecule has 8 nitrogen and oxygen atoms in total. The van der Waals surface area contributed by atoms with Crippen molar-refractivity contribution in [1.82, 2.24) is 35.0 Å². The summed E-state index contributed by atoms with van der Waals surface area (Å²) in [6.07, 6.45) is 7.77. The highest BCUT2D eigenvalue weighted by Crippen LogP contribution is 2.33. The normalized spacial score (nSPS) is 14.0. The van der Waals surface area contributed by atoms with Crippen molar-refractivity contribution in [1.29, 1.82) is 0 Å². The molecule has 0 radical (unpaired) electrons. The van der Waals surface area contributed by atoms with Crippen molar-refractivity contribution in [3.8, 4) is 39.5 Å². The zero-order chi connectivity index (χ0) is 26.2. The van der Waals surface area contributed by atoms with Crippen LogP contribution in [0.3, 0.4) is 0 Å². The third kappa shape index (κ3) is 4.51. The van der Waals surface area contributed by atoms with E-state index in [1.807, 2.05) is 30.5 Å². The van der Waals surface area contributed by atoms with Crippen LogP contribution >= 0.6 is 0 Å². The van der Waals surface area contributed by atoms with E-state index < -0.39 is 0 Å². The number of likely N-dealkylation sites (tertiary alicyclic amines) is 1. The maximum atomic E-state index is 14.6. The standard InChI is InChI=1S/C30H26FN7O/c31-25-6-2-1-5-22(25)23-9-10-33-29-27(23)34-30(35-29)28-24-16-19(7-8-26(24)36-37-28)20-15-21(18-32-17-20)39-14-13-38-11-3-4-12-38/h1-2,5-10,15-18H,3-4,11-14H2,(H,36,37)(H,33,34,35). The Morgan fingerprint density at radius 2 is 1.85 bits per heavy atom. The van der Waals surface area contributed by atoms with Crippen LogP contribution in [0.5, 0.6) is 5.75 Å². The van der Waals surface area contributed by atoms with E-state index in [0.29, 0.717) is 40.4 Å². The second kappa shape index (κ2) is 9.92. The summed E-state index contributed by atoms with van der Waals surface area (Å²) in [5, 5.41) is 8.54. The third-order valence-corrected chi connectivity index (χ3v) is 7.26. The molecule has 0 bridgehead atoms. The largest absolute Gasteiger partial charge is 0.491 e. The van der Waals surface area contributed by atoms with Crippen molar-refractivity contribution in [2.75, 3.05) is 26.2 Å². The molecule has 1 fully saturated rings. The van der Waals surface area contributed by atoms with Crippen molar-refractivity contribution in [3.05, 3.63) is 79.0 Å². The van der Waals surface area contributed by atoms with Gasteiger partial charge in [-0.05, 0) is 61.8 Å². The molecule has 2 aromatic carbocycles. The second-order valence-electron chi connectivity index (χ2n) is 9.76. The quantitative estimate of drug-likeness (QED) is 0.275. The van der Waals surface area contributed by atoms with Gasteiger partial charge in [-0.15, -0.1) is 0 Å². The number of imidazole rings is 1. The second-order valence-corrected chi connectivity index (χ2v) is 9.76. The average molecular weight is 520 g/mol. The minimum atomic E-state index is -0.299. The van der Waals surface area contributed by atoms with Gasteiger partial charge >= 0.3 is 0 Å². The minimum Gasteiger partial charge on any atom is -0.491 e. The molecule has 7 rings (SSSR count). The Labute approximate surface area is 223 Å². The number of halogens is 1. The van der Waals surface area contributed by atoms with Gasteiger partial charge in [0.15, 0.2) is 11.5 Å². The fourth-order valence-corrected chi connectivity index (χ4v) is 5.26. The average Bonchev–Trinajstić information content (AvgIpc) is 3.73. The molecule has 1 aliphatic rings. The molecule has 0 spiro atoms. The fraction of sp³-hybridized carbons (Fsp3) is 0.200. The van der Waals surface area contributed by atoms with Crippen LogP contribution in [-0.2, 0) is 0 Å². The minimum absolute atomic E-state index is 0.299. The summed E-state index contributed by atoms with van der Waals surface area (Å²) in [5.41, 5.74) is 5.83. The number of fused-ring (bicyclic) bond motifs is 2. The number of hydrogen-bond acceptors (Lipinski definition) is 6. The van der Waals surface area contributed by atoms with Crippen LogP contribution in [0, 0.1) is 5.82 Å². The summed E-state index contributed by atoms with van der Waals surface area (Å²) in [5.74, 6) is 1.01. The lowest BCUT2D eigenvalue weighted by molar-refractivity contribution is 0.237. The van der Waals surface area contributed by atoms with Gasteiger partial charge in [-0.3, -0.25) is 15.0 Å². The number of benzene rings is 2. The van der Waals surface area contributed by atoms with Crippen LogP contribution in [0.4, 0.5) is 4.39 Å². The molecular weight excluding hydrogens is 493 g/mol. The highest BCUT2D eigenvalue weighted by molar-refractivity contribution is 5.97. The predicted octanol–water partition coefficient (Wildman–Crippen LogP) is 5.84. The molecule has 0 amide bonds. The van der Waals surface area contributed by atoms with Crippen LogP contribution in [0.25, 0.3) is 55.8 Å². The van der Waals surface area contributed by atoms with Crippen LogP contribution < -0.4 is 4.74 Å². The summed E-state index contributed by atoms with van der Waals surface area (Å²) >= 11 is 0. The number of pyridine rings is 2. The van der Waals surface area contributed by atoms with Crippen molar-refractivity contribution >= 4 is 22.1 Å². The number of hydrogen-bond donors (Lipinski definition) is 2. The Balaban J connectivity index is 1.21. The molecule has 2 N–H and O–H groups in total. The molecule has 0 aliphatic carbocycles. The zero-order valence-electron chi connectivity index (χ0n) is 21.2. The number of rotatable bonds is 7. The molecule has 9 heteroatoms. The van der Waals surface area contributed by atoms with Crippen molar-refractivity contribution in [3.63, 3.8) is 0 Å². The first-order valence-corrected chi connectivity index (χ1v) is 13.1. The molecule has 0 unspecified atom stereocenters. The van der Waals surface area contributed by atoms with Crippen LogP contribution in [0.2, 0.25) is 0 Å². The number of aromatic nitrogens is 6. The van der Waals surface area contributed by atoms with E-state index in [9.17, 15) is 4.39 Å². The monoisotopic (exact) mass is 519 g/mol. The van der Waals surface area contributed by atoms with Gasteiger partial charge in [0.25, 0.3) is 0 Å².